The number of rotatable bonds is 4. The van der Waals surface area contributed by atoms with E-state index >= 15 is 0 Å². The Hall–Kier alpha value is -1.22. The molecule has 7 unspecified atom stereocenters. The van der Waals surface area contributed by atoms with Crippen LogP contribution in [0.5, 0.6) is 0 Å². The van der Waals surface area contributed by atoms with E-state index < -0.39 is 29.9 Å². The highest BCUT2D eigenvalue weighted by molar-refractivity contribution is 5.80. The average Bonchev–Trinajstić information content (AvgIpc) is 2.82. The van der Waals surface area contributed by atoms with E-state index in [0.717, 1.165) is 32.1 Å². The highest BCUT2D eigenvalue weighted by Crippen LogP contribution is 2.58. The van der Waals surface area contributed by atoms with Crippen LogP contribution >= 0.6 is 0 Å². The summed E-state index contributed by atoms with van der Waals surface area (Å²) >= 11 is 0. The van der Waals surface area contributed by atoms with Gasteiger partial charge >= 0.3 is 5.97 Å². The van der Waals surface area contributed by atoms with Gasteiger partial charge in [-0.15, -0.1) is 0 Å². The van der Waals surface area contributed by atoms with Crippen molar-refractivity contribution in [1.82, 2.24) is 5.32 Å². The molecule has 2 bridgehead atoms. The standard InChI is InChI=1S/C18H27NO7/c1-10-12-5-3-4-11-8-9-17(2)24-16(18(11,12)26-25-17)23-15(10)19-13(20)6-7-14(21)22/h10-12,15-16H,3-9H2,1-2H3,(H,19,20)(H,21,22). The lowest BCUT2D eigenvalue weighted by Gasteiger charge is -2.59. The van der Waals surface area contributed by atoms with Crippen LogP contribution in [0, 0.1) is 17.8 Å². The zero-order valence-electron chi connectivity index (χ0n) is 15.2. The number of carbonyl (C=O) groups is 2. The quantitative estimate of drug-likeness (QED) is 0.730. The summed E-state index contributed by atoms with van der Waals surface area (Å²) in [4.78, 5) is 34.5. The molecule has 1 aliphatic carbocycles. The van der Waals surface area contributed by atoms with Gasteiger partial charge in [-0.1, -0.05) is 13.3 Å². The smallest absolute Gasteiger partial charge is 0.303 e. The van der Waals surface area contributed by atoms with Gasteiger partial charge in [-0.3, -0.25) is 9.59 Å². The Morgan fingerprint density at radius 3 is 2.77 bits per heavy atom. The van der Waals surface area contributed by atoms with Crippen LogP contribution in [-0.4, -0.2) is 40.9 Å². The van der Waals surface area contributed by atoms with Crippen LogP contribution in [0.25, 0.3) is 0 Å². The van der Waals surface area contributed by atoms with Gasteiger partial charge in [0, 0.05) is 24.7 Å². The van der Waals surface area contributed by atoms with E-state index in [0.29, 0.717) is 5.92 Å². The molecule has 0 aromatic heterocycles. The number of aliphatic carboxylic acids is 1. The predicted molar refractivity (Wildman–Crippen MR) is 87.3 cm³/mol. The number of amides is 1. The minimum atomic E-state index is -0.991. The van der Waals surface area contributed by atoms with Crippen LogP contribution < -0.4 is 5.32 Å². The zero-order valence-corrected chi connectivity index (χ0v) is 15.2. The number of carbonyl (C=O) groups excluding carboxylic acids is 1. The van der Waals surface area contributed by atoms with Crippen molar-refractivity contribution in [3.63, 3.8) is 0 Å². The van der Waals surface area contributed by atoms with Gasteiger partial charge in [0.25, 0.3) is 0 Å². The number of hydrogen-bond donors (Lipinski definition) is 2. The molecule has 4 aliphatic heterocycles. The maximum absolute atomic E-state index is 12.1. The van der Waals surface area contributed by atoms with Crippen molar-refractivity contribution in [3.8, 4) is 0 Å². The zero-order chi connectivity index (χ0) is 18.5. The molecular weight excluding hydrogens is 342 g/mol. The van der Waals surface area contributed by atoms with Gasteiger partial charge < -0.3 is 19.9 Å². The minimum Gasteiger partial charge on any atom is -0.481 e. The molecule has 8 nitrogen and oxygen atoms in total. The number of carboxylic acid groups (broad SMARTS) is 1. The maximum Gasteiger partial charge on any atom is 0.303 e. The minimum absolute atomic E-state index is 0.0116. The van der Waals surface area contributed by atoms with Crippen molar-refractivity contribution in [1.29, 1.82) is 0 Å². The summed E-state index contributed by atoms with van der Waals surface area (Å²) in [6.45, 7) is 3.90. The molecule has 1 amide bonds. The Balaban J connectivity index is 1.56. The average molecular weight is 369 g/mol. The van der Waals surface area contributed by atoms with Crippen LogP contribution in [0.1, 0.15) is 58.8 Å². The third-order valence-electron chi connectivity index (χ3n) is 6.57. The Bertz CT molecular complexity index is 598. The molecule has 1 spiro atoms. The highest BCUT2D eigenvalue weighted by Gasteiger charge is 2.68. The summed E-state index contributed by atoms with van der Waals surface area (Å²) in [6.07, 6.45) is 3.45. The lowest BCUT2D eigenvalue weighted by atomic mass is 9.61. The fourth-order valence-corrected chi connectivity index (χ4v) is 5.17. The Morgan fingerprint density at radius 2 is 2.00 bits per heavy atom. The first-order valence-corrected chi connectivity index (χ1v) is 9.55. The summed E-state index contributed by atoms with van der Waals surface area (Å²) in [6, 6.07) is 0. The third kappa shape index (κ3) is 2.83. The van der Waals surface area contributed by atoms with Crippen molar-refractivity contribution in [2.75, 3.05) is 0 Å². The molecule has 2 N–H and O–H groups in total. The van der Waals surface area contributed by atoms with Crippen LogP contribution in [0.3, 0.4) is 0 Å². The van der Waals surface area contributed by atoms with Crippen molar-refractivity contribution in [3.05, 3.63) is 0 Å². The van der Waals surface area contributed by atoms with Crippen LogP contribution in [0.15, 0.2) is 0 Å². The molecule has 5 aliphatic rings. The van der Waals surface area contributed by atoms with Gasteiger partial charge in [0.15, 0.2) is 11.9 Å². The predicted octanol–water partition coefficient (Wildman–Crippen LogP) is 1.93. The summed E-state index contributed by atoms with van der Waals surface area (Å²) in [7, 11) is 0. The fourth-order valence-electron chi connectivity index (χ4n) is 5.17. The molecule has 146 valence electrons. The Kier molecular flexibility index (Phi) is 4.50. The highest BCUT2D eigenvalue weighted by atomic mass is 17.3. The molecule has 5 fully saturated rings. The second-order valence-electron chi connectivity index (χ2n) is 8.25. The molecule has 0 aromatic carbocycles. The lowest BCUT2D eigenvalue weighted by Crippen LogP contribution is -2.71. The topological polar surface area (TPSA) is 103 Å². The van der Waals surface area contributed by atoms with Crippen LogP contribution in [0.4, 0.5) is 0 Å². The van der Waals surface area contributed by atoms with E-state index in [2.05, 4.69) is 5.32 Å². The van der Waals surface area contributed by atoms with Gasteiger partial charge in [0.1, 0.15) is 6.23 Å². The molecule has 1 saturated carbocycles. The first kappa shape index (κ1) is 18.2. The lowest BCUT2D eigenvalue weighted by molar-refractivity contribution is -0.570. The van der Waals surface area contributed by atoms with Gasteiger partial charge in [-0.25, -0.2) is 9.78 Å². The number of hydrogen-bond acceptors (Lipinski definition) is 6. The second-order valence-corrected chi connectivity index (χ2v) is 8.25. The third-order valence-corrected chi connectivity index (χ3v) is 6.57. The van der Waals surface area contributed by atoms with Crippen molar-refractivity contribution in [2.45, 2.75) is 82.7 Å². The van der Waals surface area contributed by atoms with E-state index in [4.69, 9.17) is 24.4 Å². The molecular formula is C18H27NO7. The Morgan fingerprint density at radius 1 is 1.19 bits per heavy atom. The molecule has 8 heteroatoms. The first-order chi connectivity index (χ1) is 12.3. The monoisotopic (exact) mass is 369 g/mol. The van der Waals surface area contributed by atoms with Crippen molar-refractivity contribution >= 4 is 11.9 Å². The molecule has 26 heavy (non-hydrogen) atoms. The summed E-state index contributed by atoms with van der Waals surface area (Å²) in [5, 5.41) is 11.6. The number of ether oxygens (including phenoxy) is 2. The van der Waals surface area contributed by atoms with Gasteiger partial charge in [-0.2, -0.15) is 0 Å². The van der Waals surface area contributed by atoms with E-state index in [9.17, 15) is 9.59 Å². The molecule has 5 rings (SSSR count). The number of nitrogens with one attached hydrogen (secondary N) is 1. The first-order valence-electron chi connectivity index (χ1n) is 9.55. The normalized spacial score (nSPS) is 46.9. The number of fused-ring (bicyclic) bond motifs is 2. The van der Waals surface area contributed by atoms with Crippen LogP contribution in [-0.2, 0) is 28.8 Å². The molecule has 4 saturated heterocycles. The SMILES string of the molecule is CC1C(NC(=O)CCC(=O)O)OC2OC3(C)CCC4CCCC1C42OO3. The summed E-state index contributed by atoms with van der Waals surface area (Å²) < 4.78 is 12.4. The van der Waals surface area contributed by atoms with E-state index in [-0.39, 0.29) is 30.6 Å². The second kappa shape index (κ2) is 6.44. The van der Waals surface area contributed by atoms with Gasteiger partial charge in [0.05, 0.1) is 6.42 Å². The largest absolute Gasteiger partial charge is 0.481 e. The van der Waals surface area contributed by atoms with Crippen molar-refractivity contribution in [2.24, 2.45) is 17.8 Å². The Labute approximate surface area is 152 Å². The summed E-state index contributed by atoms with van der Waals surface area (Å²) in [5.41, 5.74) is -0.629. The fraction of sp³-hybridized carbons (Fsp3) is 0.889. The maximum atomic E-state index is 12.1. The molecule has 7 atom stereocenters. The molecule has 0 radical (unpaired) electrons. The molecule has 0 aromatic rings. The van der Waals surface area contributed by atoms with Gasteiger partial charge in [-0.05, 0) is 32.1 Å². The van der Waals surface area contributed by atoms with E-state index in [1.807, 2.05) is 13.8 Å². The van der Waals surface area contributed by atoms with Crippen LogP contribution in [0.2, 0.25) is 0 Å². The molecule has 4 heterocycles. The van der Waals surface area contributed by atoms with E-state index in [1.165, 1.54) is 0 Å². The van der Waals surface area contributed by atoms with E-state index in [1.54, 1.807) is 0 Å². The summed E-state index contributed by atoms with van der Waals surface area (Å²) in [5.74, 6) is -1.69. The number of carboxylic acids is 1. The van der Waals surface area contributed by atoms with Gasteiger partial charge in [0.2, 0.25) is 11.7 Å². The van der Waals surface area contributed by atoms with Crippen molar-refractivity contribution < 1.29 is 33.9 Å².